The second kappa shape index (κ2) is 10.00. The van der Waals surface area contributed by atoms with Gasteiger partial charge in [-0.05, 0) is 37.0 Å². The predicted molar refractivity (Wildman–Crippen MR) is 101 cm³/mol. The van der Waals surface area contributed by atoms with E-state index < -0.39 is 0 Å². The number of piperazine rings is 1. The Hall–Kier alpha value is -1.30. The second-order valence-corrected chi connectivity index (χ2v) is 7.21. The number of ether oxygens (including phenoxy) is 2. The van der Waals surface area contributed by atoms with Gasteiger partial charge in [-0.25, -0.2) is 0 Å². The summed E-state index contributed by atoms with van der Waals surface area (Å²) >= 11 is 0. The molecule has 1 N–H and O–H groups in total. The fourth-order valence-electron chi connectivity index (χ4n) is 3.58. The topological polar surface area (TPSA) is 45.2 Å². The number of rotatable bonds is 9. The summed E-state index contributed by atoms with van der Waals surface area (Å²) in [6, 6.07) is 6.62. The minimum Gasteiger partial charge on any atom is -0.493 e. The molecule has 1 atom stereocenters. The summed E-state index contributed by atoms with van der Waals surface area (Å²) in [6.07, 6.45) is 0.843. The maximum absolute atomic E-state index is 9.42. The molecule has 1 saturated heterocycles. The van der Waals surface area contributed by atoms with Crippen molar-refractivity contribution in [1.29, 1.82) is 0 Å². The van der Waals surface area contributed by atoms with Gasteiger partial charge >= 0.3 is 0 Å². The lowest BCUT2D eigenvalue weighted by molar-refractivity contribution is 0.0476. The van der Waals surface area contributed by atoms with Gasteiger partial charge in [0.25, 0.3) is 0 Å². The van der Waals surface area contributed by atoms with Crippen molar-refractivity contribution < 1.29 is 14.6 Å². The van der Waals surface area contributed by atoms with E-state index in [9.17, 15) is 5.11 Å². The smallest absolute Gasteiger partial charge is 0.161 e. The van der Waals surface area contributed by atoms with E-state index >= 15 is 0 Å². The van der Waals surface area contributed by atoms with Crippen LogP contribution in [0, 0.1) is 5.92 Å². The molecule has 142 valence electrons. The summed E-state index contributed by atoms with van der Waals surface area (Å²) in [4.78, 5) is 5.02. The highest BCUT2D eigenvalue weighted by atomic mass is 16.5. The number of aliphatic hydroxyl groups is 1. The van der Waals surface area contributed by atoms with E-state index in [0.717, 1.165) is 50.6 Å². The molecule has 5 heteroatoms. The van der Waals surface area contributed by atoms with Gasteiger partial charge in [-0.1, -0.05) is 19.9 Å². The number of nitrogens with zero attached hydrogens (tertiary/aromatic N) is 2. The molecule has 1 heterocycles. The predicted octanol–water partition coefficient (Wildman–Crippen LogP) is 2.62. The Labute approximate surface area is 152 Å². The Morgan fingerprint density at radius 3 is 2.68 bits per heavy atom. The van der Waals surface area contributed by atoms with Crippen molar-refractivity contribution >= 4 is 0 Å². The molecule has 0 aliphatic carbocycles. The zero-order valence-corrected chi connectivity index (χ0v) is 16.2. The molecule has 25 heavy (non-hydrogen) atoms. The Morgan fingerprint density at radius 1 is 1.24 bits per heavy atom. The van der Waals surface area contributed by atoms with Crippen LogP contribution in [0.2, 0.25) is 0 Å². The maximum atomic E-state index is 9.42. The molecule has 0 amide bonds. The molecule has 1 aliphatic heterocycles. The highest BCUT2D eigenvalue weighted by Crippen LogP contribution is 2.29. The van der Waals surface area contributed by atoms with E-state index in [4.69, 9.17) is 9.47 Å². The van der Waals surface area contributed by atoms with E-state index in [1.165, 1.54) is 5.56 Å². The molecule has 2 rings (SSSR count). The van der Waals surface area contributed by atoms with Crippen LogP contribution in [-0.2, 0) is 6.54 Å². The lowest BCUT2D eigenvalue weighted by atomic mass is 10.1. The molecular formula is C20H34N2O3. The fraction of sp³-hybridized carbons (Fsp3) is 0.700. The summed E-state index contributed by atoms with van der Waals surface area (Å²) in [5.74, 6) is 2.25. The molecule has 0 radical (unpaired) electrons. The minimum atomic E-state index is 0.254. The van der Waals surface area contributed by atoms with Gasteiger partial charge in [-0.2, -0.15) is 0 Å². The Balaban J connectivity index is 2.01. The summed E-state index contributed by atoms with van der Waals surface area (Å²) in [7, 11) is 1.67. The molecule has 1 aromatic carbocycles. The Bertz CT molecular complexity index is 522. The van der Waals surface area contributed by atoms with Gasteiger partial charge < -0.3 is 14.6 Å². The van der Waals surface area contributed by atoms with E-state index in [-0.39, 0.29) is 6.61 Å². The molecule has 1 fully saturated rings. The first-order valence-corrected chi connectivity index (χ1v) is 9.44. The quantitative estimate of drug-likeness (QED) is 0.742. The van der Waals surface area contributed by atoms with Gasteiger partial charge in [0.1, 0.15) is 0 Å². The lowest BCUT2D eigenvalue weighted by Gasteiger charge is -2.42. The highest BCUT2D eigenvalue weighted by Gasteiger charge is 2.27. The lowest BCUT2D eigenvalue weighted by Crippen LogP contribution is -2.53. The summed E-state index contributed by atoms with van der Waals surface area (Å²) in [5.41, 5.74) is 1.24. The van der Waals surface area contributed by atoms with Gasteiger partial charge in [-0.15, -0.1) is 0 Å². The van der Waals surface area contributed by atoms with E-state index in [1.54, 1.807) is 7.11 Å². The largest absolute Gasteiger partial charge is 0.493 e. The molecule has 0 saturated carbocycles. The van der Waals surface area contributed by atoms with Crippen molar-refractivity contribution in [2.75, 3.05) is 46.5 Å². The monoisotopic (exact) mass is 350 g/mol. The van der Waals surface area contributed by atoms with Crippen LogP contribution in [0.25, 0.3) is 0 Å². The van der Waals surface area contributed by atoms with Crippen molar-refractivity contribution in [3.05, 3.63) is 23.8 Å². The van der Waals surface area contributed by atoms with Crippen LogP contribution in [0.5, 0.6) is 11.5 Å². The number of benzene rings is 1. The van der Waals surface area contributed by atoms with Gasteiger partial charge in [0.15, 0.2) is 11.5 Å². The van der Waals surface area contributed by atoms with Crippen molar-refractivity contribution in [3.8, 4) is 11.5 Å². The summed E-state index contributed by atoms with van der Waals surface area (Å²) in [5, 5.41) is 9.42. The number of aliphatic hydroxyl groups excluding tert-OH is 1. The molecular weight excluding hydrogens is 316 g/mol. The standard InChI is InChI=1S/C20H34N2O3/c1-5-25-20-12-17(6-7-19(20)24-4)14-21-9-10-22(13-16(2)3)18(15-21)8-11-23/h6-7,12,16,18,23H,5,8-11,13-15H2,1-4H3/t18-/m0/s1. The zero-order chi connectivity index (χ0) is 18.2. The zero-order valence-electron chi connectivity index (χ0n) is 16.2. The molecule has 0 spiro atoms. The first-order chi connectivity index (χ1) is 12.1. The van der Waals surface area contributed by atoms with Crippen molar-refractivity contribution in [2.45, 2.75) is 39.8 Å². The molecule has 1 aliphatic rings. The maximum Gasteiger partial charge on any atom is 0.161 e. The van der Waals surface area contributed by atoms with Crippen LogP contribution >= 0.6 is 0 Å². The highest BCUT2D eigenvalue weighted by molar-refractivity contribution is 5.43. The summed E-state index contributed by atoms with van der Waals surface area (Å²) in [6.45, 7) is 12.5. The van der Waals surface area contributed by atoms with Crippen molar-refractivity contribution in [2.24, 2.45) is 5.92 Å². The minimum absolute atomic E-state index is 0.254. The number of methoxy groups -OCH3 is 1. The van der Waals surface area contributed by atoms with Crippen LogP contribution in [0.4, 0.5) is 0 Å². The van der Waals surface area contributed by atoms with Gasteiger partial charge in [0, 0.05) is 45.4 Å². The van der Waals surface area contributed by atoms with Crippen molar-refractivity contribution in [1.82, 2.24) is 9.80 Å². The molecule has 0 bridgehead atoms. The number of hydrogen-bond acceptors (Lipinski definition) is 5. The van der Waals surface area contributed by atoms with Crippen LogP contribution in [0.15, 0.2) is 18.2 Å². The van der Waals surface area contributed by atoms with Crippen LogP contribution < -0.4 is 9.47 Å². The third-order valence-electron chi connectivity index (χ3n) is 4.68. The van der Waals surface area contributed by atoms with Crippen molar-refractivity contribution in [3.63, 3.8) is 0 Å². The van der Waals surface area contributed by atoms with Crippen LogP contribution in [0.1, 0.15) is 32.8 Å². The summed E-state index contributed by atoms with van der Waals surface area (Å²) < 4.78 is 11.1. The molecule has 0 unspecified atom stereocenters. The van der Waals surface area contributed by atoms with E-state index in [2.05, 4.69) is 35.8 Å². The second-order valence-electron chi connectivity index (χ2n) is 7.21. The van der Waals surface area contributed by atoms with Crippen LogP contribution in [-0.4, -0.2) is 67.5 Å². The molecule has 0 aromatic heterocycles. The number of hydrogen-bond donors (Lipinski definition) is 1. The molecule has 5 nitrogen and oxygen atoms in total. The average molecular weight is 351 g/mol. The average Bonchev–Trinajstić information content (AvgIpc) is 2.58. The van der Waals surface area contributed by atoms with E-state index in [0.29, 0.717) is 18.6 Å². The van der Waals surface area contributed by atoms with Crippen LogP contribution in [0.3, 0.4) is 0 Å². The SMILES string of the molecule is CCOc1cc(CN2CCN(CC(C)C)[C@@H](CCO)C2)ccc1OC. The Morgan fingerprint density at radius 2 is 2.04 bits per heavy atom. The van der Waals surface area contributed by atoms with E-state index in [1.807, 2.05) is 13.0 Å². The Kier molecular flexibility index (Phi) is 8.00. The first kappa shape index (κ1) is 20.0. The third-order valence-corrected chi connectivity index (χ3v) is 4.68. The van der Waals surface area contributed by atoms with Gasteiger partial charge in [-0.3, -0.25) is 9.80 Å². The molecule has 1 aromatic rings. The first-order valence-electron chi connectivity index (χ1n) is 9.44. The van der Waals surface area contributed by atoms with Gasteiger partial charge in [0.2, 0.25) is 0 Å². The van der Waals surface area contributed by atoms with Gasteiger partial charge in [0.05, 0.1) is 13.7 Å². The normalized spacial score (nSPS) is 19.4. The third kappa shape index (κ3) is 5.87. The fourth-order valence-corrected chi connectivity index (χ4v) is 3.58.